The number of carboxylic acid groups (broad SMARTS) is 1. The quantitative estimate of drug-likeness (QED) is 0.478. The fourth-order valence-corrected chi connectivity index (χ4v) is 3.42. The molecule has 1 aromatic heterocycles. The molecule has 3 aromatic rings. The number of benzene rings is 2. The van der Waals surface area contributed by atoms with E-state index in [1.807, 2.05) is 6.07 Å². The van der Waals surface area contributed by atoms with Gasteiger partial charge in [0.25, 0.3) is 11.8 Å². The molecule has 1 aliphatic rings. The van der Waals surface area contributed by atoms with Gasteiger partial charge in [-0.2, -0.15) is 18.3 Å². The zero-order chi connectivity index (χ0) is 25.8. The molecule has 2 heterocycles. The molecule has 1 saturated heterocycles. The molecular weight excluding hydrogens is 474 g/mol. The van der Waals surface area contributed by atoms with E-state index in [4.69, 9.17) is 15.6 Å². The Morgan fingerprint density at radius 2 is 1.77 bits per heavy atom. The first kappa shape index (κ1) is 25.6. The van der Waals surface area contributed by atoms with Crippen molar-refractivity contribution in [3.05, 3.63) is 59.5 Å². The molecule has 1 fully saturated rings. The van der Waals surface area contributed by atoms with Gasteiger partial charge < -0.3 is 21.1 Å². The lowest BCUT2D eigenvalue weighted by atomic mass is 10.1. The average molecular weight is 495 g/mol. The Kier molecular flexibility index (Phi) is 7.69. The first-order chi connectivity index (χ1) is 16.5. The summed E-state index contributed by atoms with van der Waals surface area (Å²) in [6.07, 6.45) is -2.54. The van der Waals surface area contributed by atoms with Gasteiger partial charge in [-0.15, -0.1) is 0 Å². The smallest absolute Gasteiger partial charge is 0.475 e. The highest BCUT2D eigenvalue weighted by molar-refractivity contribution is 6.04. The van der Waals surface area contributed by atoms with Crippen LogP contribution in [0.2, 0.25) is 0 Å². The Morgan fingerprint density at radius 1 is 1.06 bits per heavy atom. The van der Waals surface area contributed by atoms with E-state index >= 15 is 0 Å². The van der Waals surface area contributed by atoms with Crippen molar-refractivity contribution in [1.82, 2.24) is 20.0 Å². The van der Waals surface area contributed by atoms with E-state index in [1.54, 1.807) is 29.3 Å². The molecule has 4 N–H and O–H groups in total. The minimum absolute atomic E-state index is 0.00841. The number of primary amides is 1. The average Bonchev–Trinajstić information content (AvgIpc) is 3.05. The predicted octanol–water partition coefficient (Wildman–Crippen LogP) is 2.33. The van der Waals surface area contributed by atoms with Crippen molar-refractivity contribution < 1.29 is 37.1 Å². The highest BCUT2D eigenvalue weighted by Gasteiger charge is 2.38. The Morgan fingerprint density at radius 3 is 2.43 bits per heavy atom. The molecule has 4 rings (SSSR count). The SMILES string of the molecule is NC(=O)c1cccc2cn(-c3ccc(F)c(C(=O)N4CCCNCC4)c3)nc12.O=C(O)C(F)(F)F. The summed E-state index contributed by atoms with van der Waals surface area (Å²) in [6, 6.07) is 9.44. The third-order valence-electron chi connectivity index (χ3n) is 5.12. The summed E-state index contributed by atoms with van der Waals surface area (Å²) in [5.41, 5.74) is 6.73. The van der Waals surface area contributed by atoms with E-state index in [1.165, 1.54) is 16.8 Å². The van der Waals surface area contributed by atoms with Crippen molar-refractivity contribution in [1.29, 1.82) is 0 Å². The highest BCUT2D eigenvalue weighted by atomic mass is 19.4. The first-order valence-electron chi connectivity index (χ1n) is 10.4. The van der Waals surface area contributed by atoms with Crippen LogP contribution in [0.3, 0.4) is 0 Å². The maximum absolute atomic E-state index is 14.4. The second kappa shape index (κ2) is 10.5. The van der Waals surface area contributed by atoms with Crippen LogP contribution >= 0.6 is 0 Å². The molecule has 0 aliphatic carbocycles. The molecule has 0 spiro atoms. The number of rotatable bonds is 3. The van der Waals surface area contributed by atoms with Crippen LogP contribution in [0.15, 0.2) is 42.6 Å². The maximum Gasteiger partial charge on any atom is 0.490 e. The maximum atomic E-state index is 14.4. The monoisotopic (exact) mass is 495 g/mol. The Labute approximate surface area is 196 Å². The highest BCUT2D eigenvalue weighted by Crippen LogP contribution is 2.22. The normalized spacial score (nSPS) is 14.1. The Hall–Kier alpha value is -4.00. The van der Waals surface area contributed by atoms with Gasteiger partial charge >= 0.3 is 12.1 Å². The van der Waals surface area contributed by atoms with Gasteiger partial charge in [-0.1, -0.05) is 12.1 Å². The van der Waals surface area contributed by atoms with Crippen molar-refractivity contribution in [3.63, 3.8) is 0 Å². The number of carbonyl (C=O) groups excluding carboxylic acids is 2. The van der Waals surface area contributed by atoms with Crippen LogP contribution in [0, 0.1) is 5.82 Å². The van der Waals surface area contributed by atoms with Gasteiger partial charge in [0.15, 0.2) is 0 Å². The van der Waals surface area contributed by atoms with Gasteiger partial charge in [0, 0.05) is 31.2 Å². The minimum atomic E-state index is -5.08. The van der Waals surface area contributed by atoms with E-state index in [9.17, 15) is 27.2 Å². The zero-order valence-electron chi connectivity index (χ0n) is 18.2. The molecule has 0 radical (unpaired) electrons. The van der Waals surface area contributed by atoms with E-state index in [2.05, 4.69) is 10.4 Å². The number of nitrogens with zero attached hydrogens (tertiary/aromatic N) is 3. The summed E-state index contributed by atoms with van der Waals surface area (Å²) in [6.45, 7) is 2.65. The first-order valence-corrected chi connectivity index (χ1v) is 10.4. The molecule has 0 saturated carbocycles. The molecule has 0 atom stereocenters. The van der Waals surface area contributed by atoms with Crippen LogP contribution in [-0.4, -0.2) is 69.9 Å². The minimum Gasteiger partial charge on any atom is -0.475 e. The largest absolute Gasteiger partial charge is 0.490 e. The standard InChI is InChI=1S/C20H20FN5O2.C2HF3O2/c21-17-6-5-14(11-16(17)20(28)25-9-2-7-23-8-10-25)26-12-13-3-1-4-15(19(22)27)18(13)24-26;3-2(4,5)1(6)7/h1,3-6,11-12,23H,2,7-10H2,(H2,22,27);(H,6,7). The number of amides is 2. The number of hydrogen-bond donors (Lipinski definition) is 3. The topological polar surface area (TPSA) is 131 Å². The number of nitrogens with one attached hydrogen (secondary N) is 1. The van der Waals surface area contributed by atoms with Crippen molar-refractivity contribution in [2.45, 2.75) is 12.6 Å². The van der Waals surface area contributed by atoms with Crippen LogP contribution in [0.1, 0.15) is 27.1 Å². The van der Waals surface area contributed by atoms with Crippen molar-refractivity contribution in [2.75, 3.05) is 26.2 Å². The number of carbonyl (C=O) groups is 3. The molecule has 35 heavy (non-hydrogen) atoms. The number of aromatic nitrogens is 2. The molecular formula is C22H21F4N5O4. The van der Waals surface area contributed by atoms with Crippen LogP contribution in [0.4, 0.5) is 17.6 Å². The second-order valence-corrected chi connectivity index (χ2v) is 7.54. The molecule has 1 aliphatic heterocycles. The molecule has 0 bridgehead atoms. The third-order valence-corrected chi connectivity index (χ3v) is 5.12. The number of hydrogen-bond acceptors (Lipinski definition) is 5. The summed E-state index contributed by atoms with van der Waals surface area (Å²) in [5, 5.41) is 15.5. The van der Waals surface area contributed by atoms with Gasteiger partial charge in [0.2, 0.25) is 0 Å². The van der Waals surface area contributed by atoms with E-state index < -0.39 is 23.9 Å². The van der Waals surface area contributed by atoms with Crippen LogP contribution < -0.4 is 11.1 Å². The molecule has 9 nitrogen and oxygen atoms in total. The van der Waals surface area contributed by atoms with Crippen LogP contribution in [0.5, 0.6) is 0 Å². The molecule has 2 aromatic carbocycles. The van der Waals surface area contributed by atoms with Crippen molar-refractivity contribution in [3.8, 4) is 5.69 Å². The van der Waals surface area contributed by atoms with E-state index in [-0.39, 0.29) is 11.5 Å². The Balaban J connectivity index is 0.000000429. The molecule has 13 heteroatoms. The van der Waals surface area contributed by atoms with Gasteiger partial charge in [0.05, 0.1) is 16.8 Å². The van der Waals surface area contributed by atoms with Gasteiger partial charge in [0.1, 0.15) is 11.3 Å². The Bertz CT molecular complexity index is 1250. The van der Waals surface area contributed by atoms with Gasteiger partial charge in [-0.25, -0.2) is 13.9 Å². The number of carboxylic acids is 1. The van der Waals surface area contributed by atoms with Gasteiger partial charge in [-0.3, -0.25) is 9.59 Å². The van der Waals surface area contributed by atoms with Crippen molar-refractivity contribution in [2.24, 2.45) is 5.73 Å². The number of nitrogens with two attached hydrogens (primary N) is 1. The summed E-state index contributed by atoms with van der Waals surface area (Å²) >= 11 is 0. The summed E-state index contributed by atoms with van der Waals surface area (Å²) in [7, 11) is 0. The number of halogens is 4. The summed E-state index contributed by atoms with van der Waals surface area (Å²) in [5.74, 6) is -4.23. The summed E-state index contributed by atoms with van der Waals surface area (Å²) < 4.78 is 47.7. The van der Waals surface area contributed by atoms with E-state index in [0.717, 1.165) is 18.4 Å². The van der Waals surface area contributed by atoms with Crippen LogP contribution in [0.25, 0.3) is 16.6 Å². The number of alkyl halides is 3. The lowest BCUT2D eigenvalue weighted by molar-refractivity contribution is -0.192. The predicted molar refractivity (Wildman–Crippen MR) is 117 cm³/mol. The van der Waals surface area contributed by atoms with E-state index in [0.29, 0.717) is 36.4 Å². The third kappa shape index (κ3) is 6.12. The lowest BCUT2D eigenvalue weighted by Crippen LogP contribution is -2.34. The van der Waals surface area contributed by atoms with Gasteiger partial charge in [-0.05, 0) is 37.2 Å². The second-order valence-electron chi connectivity index (χ2n) is 7.54. The fourth-order valence-electron chi connectivity index (χ4n) is 3.42. The fraction of sp³-hybridized carbons (Fsp3) is 0.273. The summed E-state index contributed by atoms with van der Waals surface area (Å²) in [4.78, 5) is 35.0. The number of fused-ring (bicyclic) bond motifs is 1. The molecule has 0 unspecified atom stereocenters. The van der Waals surface area contributed by atoms with Crippen molar-refractivity contribution >= 4 is 28.7 Å². The molecule has 2 amide bonds. The van der Waals surface area contributed by atoms with Crippen LogP contribution in [-0.2, 0) is 4.79 Å². The zero-order valence-corrected chi connectivity index (χ0v) is 18.2. The lowest BCUT2D eigenvalue weighted by Gasteiger charge is -2.20. The molecule has 186 valence electrons. The number of aliphatic carboxylic acids is 1.